The van der Waals surface area contributed by atoms with Crippen molar-refractivity contribution < 1.29 is 17.9 Å². The molecule has 0 aliphatic rings. The minimum atomic E-state index is -3.32. The van der Waals surface area contributed by atoms with Gasteiger partial charge in [-0.1, -0.05) is 25.2 Å². The molecule has 0 fully saturated rings. The molecule has 0 bridgehead atoms. The van der Waals surface area contributed by atoms with Crippen molar-refractivity contribution in [3.63, 3.8) is 0 Å². The molecule has 1 heterocycles. The molecule has 0 unspecified atom stereocenters. The van der Waals surface area contributed by atoms with Crippen molar-refractivity contribution in [1.82, 2.24) is 9.88 Å². The van der Waals surface area contributed by atoms with E-state index >= 15 is 0 Å². The van der Waals surface area contributed by atoms with E-state index in [0.29, 0.717) is 35.1 Å². The summed E-state index contributed by atoms with van der Waals surface area (Å²) < 4.78 is 29.7. The molecule has 0 aliphatic heterocycles. The van der Waals surface area contributed by atoms with Gasteiger partial charge in [0.05, 0.1) is 22.2 Å². The second-order valence-electron chi connectivity index (χ2n) is 7.11. The molecule has 2 aromatic carbocycles. The molecule has 0 saturated carbocycles. The first-order valence-electron chi connectivity index (χ1n) is 10.1. The Kier molecular flexibility index (Phi) is 9.03. The second kappa shape index (κ2) is 11.1. The molecule has 3 rings (SSSR count). The number of amides is 1. The Hall–Kier alpha value is -2.20. The molecule has 32 heavy (non-hydrogen) atoms. The molecular weight excluding hydrogens is 470 g/mol. The number of likely N-dealkylation sites (N-methyl/N-ethyl adjacent to an activating group) is 1. The normalized spacial score (nSPS) is 11.4. The predicted molar refractivity (Wildman–Crippen MR) is 132 cm³/mol. The maximum absolute atomic E-state index is 13.4. The highest BCUT2D eigenvalue weighted by Gasteiger charge is 2.22. The Morgan fingerprint density at radius 1 is 1.06 bits per heavy atom. The third-order valence-electron chi connectivity index (χ3n) is 5.12. The van der Waals surface area contributed by atoms with Gasteiger partial charge in [0, 0.05) is 24.9 Å². The number of hydrogen-bond donors (Lipinski definition) is 0. The van der Waals surface area contributed by atoms with Crippen LogP contribution in [0.1, 0.15) is 24.2 Å². The van der Waals surface area contributed by atoms with E-state index in [0.717, 1.165) is 17.8 Å². The monoisotopic (exact) mass is 497 g/mol. The van der Waals surface area contributed by atoms with Gasteiger partial charge in [-0.2, -0.15) is 0 Å². The summed E-state index contributed by atoms with van der Waals surface area (Å²) in [5.41, 5.74) is 1.21. The average molecular weight is 498 g/mol. The zero-order valence-electron chi connectivity index (χ0n) is 18.6. The van der Waals surface area contributed by atoms with E-state index in [1.807, 2.05) is 0 Å². The lowest BCUT2D eigenvalue weighted by Gasteiger charge is -2.24. The van der Waals surface area contributed by atoms with Gasteiger partial charge in [0.15, 0.2) is 15.0 Å². The summed E-state index contributed by atoms with van der Waals surface area (Å²) >= 11 is 1.32. The van der Waals surface area contributed by atoms with Gasteiger partial charge < -0.3 is 9.64 Å². The van der Waals surface area contributed by atoms with Crippen molar-refractivity contribution in [1.29, 1.82) is 0 Å². The lowest BCUT2D eigenvalue weighted by atomic mass is 10.2. The SMILES string of the molecule is CCN(CC)CCN(C(=O)c1ccc(OC)cc1)c1nc2ccc(S(C)(=O)=O)cc2s1.Cl. The van der Waals surface area contributed by atoms with Gasteiger partial charge in [0.25, 0.3) is 5.91 Å². The third kappa shape index (κ3) is 5.98. The van der Waals surface area contributed by atoms with Crippen LogP contribution in [0.2, 0.25) is 0 Å². The summed E-state index contributed by atoms with van der Waals surface area (Å²) in [7, 11) is -1.74. The highest BCUT2D eigenvalue weighted by atomic mass is 35.5. The number of hydrogen-bond acceptors (Lipinski definition) is 7. The largest absolute Gasteiger partial charge is 0.497 e. The number of ether oxygens (including phenoxy) is 1. The van der Waals surface area contributed by atoms with Gasteiger partial charge in [-0.05, 0) is 55.6 Å². The number of aromatic nitrogens is 1. The van der Waals surface area contributed by atoms with Crippen LogP contribution in [-0.4, -0.2) is 63.8 Å². The van der Waals surface area contributed by atoms with Crippen LogP contribution in [-0.2, 0) is 9.84 Å². The van der Waals surface area contributed by atoms with Gasteiger partial charge in [-0.15, -0.1) is 12.4 Å². The standard InChI is InChI=1S/C22H27N3O4S2.ClH/c1-5-24(6-2)13-14-25(21(26)16-7-9-17(29-3)10-8-16)22-23-19-12-11-18(31(4,27)28)15-20(19)30-22;/h7-12,15H,5-6,13-14H2,1-4H3;1H. The Morgan fingerprint density at radius 2 is 1.72 bits per heavy atom. The van der Waals surface area contributed by atoms with E-state index in [-0.39, 0.29) is 23.2 Å². The van der Waals surface area contributed by atoms with Crippen LogP contribution in [0.3, 0.4) is 0 Å². The van der Waals surface area contributed by atoms with Gasteiger partial charge in [-0.3, -0.25) is 9.69 Å². The van der Waals surface area contributed by atoms with Crippen LogP contribution in [0.15, 0.2) is 47.4 Å². The average Bonchev–Trinajstić information content (AvgIpc) is 3.19. The third-order valence-corrected chi connectivity index (χ3v) is 7.28. The van der Waals surface area contributed by atoms with Gasteiger partial charge in [-0.25, -0.2) is 13.4 Å². The van der Waals surface area contributed by atoms with Crippen LogP contribution in [0.5, 0.6) is 5.75 Å². The Balaban J connectivity index is 0.00000363. The van der Waals surface area contributed by atoms with Crippen LogP contribution in [0.25, 0.3) is 10.2 Å². The number of nitrogens with zero attached hydrogens (tertiary/aromatic N) is 3. The first kappa shape index (κ1) is 26.1. The fourth-order valence-corrected chi connectivity index (χ4v) is 4.94. The molecule has 0 spiro atoms. The van der Waals surface area contributed by atoms with Gasteiger partial charge in [0.2, 0.25) is 0 Å². The van der Waals surface area contributed by atoms with Gasteiger partial charge in [0.1, 0.15) is 5.75 Å². The zero-order valence-corrected chi connectivity index (χ0v) is 21.0. The van der Waals surface area contributed by atoms with Crippen molar-refractivity contribution in [3.8, 4) is 5.75 Å². The maximum Gasteiger partial charge on any atom is 0.260 e. The van der Waals surface area contributed by atoms with E-state index in [1.54, 1.807) is 54.5 Å². The number of halogens is 1. The predicted octanol–water partition coefficient (Wildman–Crippen LogP) is 4.12. The first-order chi connectivity index (χ1) is 14.8. The van der Waals surface area contributed by atoms with E-state index in [2.05, 4.69) is 23.7 Å². The van der Waals surface area contributed by atoms with Crippen LogP contribution in [0, 0.1) is 0 Å². The number of methoxy groups -OCH3 is 1. The van der Waals surface area contributed by atoms with E-state index in [1.165, 1.54) is 17.6 Å². The van der Waals surface area contributed by atoms with Crippen molar-refractivity contribution in [2.24, 2.45) is 0 Å². The van der Waals surface area contributed by atoms with Crippen molar-refractivity contribution in [2.75, 3.05) is 44.4 Å². The Labute approximate surface area is 199 Å². The number of carbonyl (C=O) groups excluding carboxylic acids is 1. The first-order valence-corrected chi connectivity index (χ1v) is 12.8. The summed E-state index contributed by atoms with van der Waals surface area (Å²) in [6.45, 7) is 7.13. The number of thiazole rings is 1. The highest BCUT2D eigenvalue weighted by Crippen LogP contribution is 2.31. The van der Waals surface area contributed by atoms with Crippen LogP contribution in [0.4, 0.5) is 5.13 Å². The molecular formula is C22H28ClN3O4S2. The summed E-state index contributed by atoms with van der Waals surface area (Å²) in [6, 6.07) is 11.8. The number of fused-ring (bicyclic) bond motifs is 1. The fourth-order valence-electron chi connectivity index (χ4n) is 3.19. The molecule has 0 atom stereocenters. The number of carbonyl (C=O) groups is 1. The molecule has 174 valence electrons. The molecule has 0 N–H and O–H groups in total. The number of rotatable bonds is 9. The van der Waals surface area contributed by atoms with Crippen LogP contribution < -0.4 is 9.64 Å². The lowest BCUT2D eigenvalue weighted by Crippen LogP contribution is -2.38. The summed E-state index contributed by atoms with van der Waals surface area (Å²) in [5, 5.41) is 0.550. The van der Waals surface area contributed by atoms with Crippen molar-refractivity contribution >= 4 is 54.8 Å². The molecule has 0 saturated heterocycles. The van der Waals surface area contributed by atoms with E-state index < -0.39 is 9.84 Å². The zero-order chi connectivity index (χ0) is 22.6. The molecule has 0 aliphatic carbocycles. The van der Waals surface area contributed by atoms with E-state index in [9.17, 15) is 13.2 Å². The van der Waals surface area contributed by atoms with Gasteiger partial charge >= 0.3 is 0 Å². The molecule has 10 heteroatoms. The topological polar surface area (TPSA) is 79.8 Å². The molecule has 3 aromatic rings. The summed E-state index contributed by atoms with van der Waals surface area (Å²) in [4.78, 5) is 22.2. The molecule has 1 aromatic heterocycles. The van der Waals surface area contributed by atoms with Crippen LogP contribution >= 0.6 is 23.7 Å². The maximum atomic E-state index is 13.4. The minimum absolute atomic E-state index is 0. The Bertz CT molecular complexity index is 1160. The lowest BCUT2D eigenvalue weighted by molar-refractivity contribution is 0.0983. The highest BCUT2D eigenvalue weighted by molar-refractivity contribution is 7.90. The number of sulfone groups is 1. The molecule has 1 amide bonds. The fraction of sp³-hybridized carbons (Fsp3) is 0.364. The Morgan fingerprint density at radius 3 is 2.28 bits per heavy atom. The van der Waals surface area contributed by atoms with Crippen molar-refractivity contribution in [3.05, 3.63) is 48.0 Å². The van der Waals surface area contributed by atoms with E-state index in [4.69, 9.17) is 4.74 Å². The summed E-state index contributed by atoms with van der Waals surface area (Å²) in [5.74, 6) is 0.525. The number of anilines is 1. The number of benzene rings is 2. The smallest absolute Gasteiger partial charge is 0.260 e. The van der Waals surface area contributed by atoms with Crippen molar-refractivity contribution in [2.45, 2.75) is 18.7 Å². The molecule has 7 nitrogen and oxygen atoms in total. The quantitative estimate of drug-likeness (QED) is 0.442. The minimum Gasteiger partial charge on any atom is -0.497 e. The second-order valence-corrected chi connectivity index (χ2v) is 10.1. The summed E-state index contributed by atoms with van der Waals surface area (Å²) in [6.07, 6.45) is 1.18. The molecule has 0 radical (unpaired) electrons.